The van der Waals surface area contributed by atoms with Gasteiger partial charge in [0.25, 0.3) is 0 Å². The van der Waals surface area contributed by atoms with Crippen LogP contribution in [0.25, 0.3) is 21.9 Å². The van der Waals surface area contributed by atoms with E-state index in [4.69, 9.17) is 4.74 Å². The molecule has 1 unspecified atom stereocenters. The summed E-state index contributed by atoms with van der Waals surface area (Å²) in [4.78, 5) is 14.2. The minimum atomic E-state index is 0.107. The van der Waals surface area contributed by atoms with E-state index in [2.05, 4.69) is 33.0 Å². The van der Waals surface area contributed by atoms with Gasteiger partial charge >= 0.3 is 0 Å². The summed E-state index contributed by atoms with van der Waals surface area (Å²) in [5, 5.41) is 11.4. The molecule has 1 saturated heterocycles. The summed E-state index contributed by atoms with van der Waals surface area (Å²) < 4.78 is 6.33. The Morgan fingerprint density at radius 1 is 1.33 bits per heavy atom. The minimum absolute atomic E-state index is 0.107. The average molecular weight is 321 g/mol. The van der Waals surface area contributed by atoms with Crippen LogP contribution in [0.5, 0.6) is 5.75 Å². The molecule has 1 aliphatic heterocycles. The minimum Gasteiger partial charge on any atom is -0.487 e. The Balaban J connectivity index is 1.82. The van der Waals surface area contributed by atoms with Crippen LogP contribution < -0.4 is 4.74 Å². The lowest BCUT2D eigenvalue weighted by Crippen LogP contribution is -2.22. The molecule has 0 radical (unpaired) electrons. The molecule has 24 heavy (non-hydrogen) atoms. The molecule has 6 heteroatoms. The summed E-state index contributed by atoms with van der Waals surface area (Å²) in [5.41, 5.74) is 1.98. The van der Waals surface area contributed by atoms with E-state index in [9.17, 15) is 5.26 Å². The number of aromatic amines is 1. The number of ether oxygens (including phenoxy) is 1. The van der Waals surface area contributed by atoms with E-state index in [1.54, 1.807) is 12.4 Å². The van der Waals surface area contributed by atoms with Crippen LogP contribution in [0.4, 0.5) is 0 Å². The van der Waals surface area contributed by atoms with E-state index >= 15 is 0 Å². The van der Waals surface area contributed by atoms with Gasteiger partial charge < -0.3 is 14.6 Å². The molecule has 1 aliphatic rings. The molecule has 0 amide bonds. The topological polar surface area (TPSA) is 77.8 Å². The van der Waals surface area contributed by atoms with Gasteiger partial charge in [-0.3, -0.25) is 0 Å². The second kappa shape index (κ2) is 6.10. The third-order valence-electron chi connectivity index (χ3n) is 4.65. The number of pyridine rings is 2. The Morgan fingerprint density at radius 2 is 2.25 bits per heavy atom. The Hall–Kier alpha value is -2.65. The summed E-state index contributed by atoms with van der Waals surface area (Å²) in [6.07, 6.45) is 6.59. The third-order valence-corrected chi connectivity index (χ3v) is 4.65. The number of nitrogens with zero attached hydrogens (tertiary/aromatic N) is 4. The first kappa shape index (κ1) is 14.9. The average Bonchev–Trinajstić information content (AvgIpc) is 2.86. The van der Waals surface area contributed by atoms with Gasteiger partial charge in [-0.1, -0.05) is 0 Å². The number of likely N-dealkylation sites (tertiary alicyclic amines) is 1. The Bertz CT molecular complexity index is 926. The molecular formula is C18H19N5O. The van der Waals surface area contributed by atoms with Gasteiger partial charge in [0.05, 0.1) is 17.1 Å². The first-order valence-corrected chi connectivity index (χ1v) is 8.27. The summed E-state index contributed by atoms with van der Waals surface area (Å²) in [6.45, 7) is 2.09. The van der Waals surface area contributed by atoms with Crippen molar-refractivity contribution in [3.8, 4) is 11.8 Å². The number of H-pyrrole nitrogens is 1. The Morgan fingerprint density at radius 3 is 3.12 bits per heavy atom. The zero-order chi connectivity index (χ0) is 16.5. The van der Waals surface area contributed by atoms with Gasteiger partial charge in [0, 0.05) is 18.1 Å². The van der Waals surface area contributed by atoms with Gasteiger partial charge in [-0.15, -0.1) is 0 Å². The highest BCUT2D eigenvalue weighted by molar-refractivity contribution is 6.09. The quantitative estimate of drug-likeness (QED) is 0.785. The Kier molecular flexibility index (Phi) is 3.79. The highest BCUT2D eigenvalue weighted by atomic mass is 16.5. The maximum Gasteiger partial charge on any atom is 0.183 e. The molecule has 1 atom stereocenters. The summed E-state index contributed by atoms with van der Waals surface area (Å²) in [5.74, 6) is 0.587. The van der Waals surface area contributed by atoms with Crippen molar-refractivity contribution in [3.05, 3.63) is 30.2 Å². The second-order valence-electron chi connectivity index (χ2n) is 6.34. The number of fused-ring (bicyclic) bond motifs is 3. The molecule has 1 fully saturated rings. The molecule has 0 bridgehead atoms. The van der Waals surface area contributed by atoms with Crippen molar-refractivity contribution in [1.82, 2.24) is 19.9 Å². The monoisotopic (exact) mass is 321 g/mol. The van der Waals surface area contributed by atoms with Crippen molar-refractivity contribution >= 4 is 21.9 Å². The molecular weight excluding hydrogens is 302 g/mol. The van der Waals surface area contributed by atoms with Crippen molar-refractivity contribution in [2.75, 3.05) is 20.1 Å². The van der Waals surface area contributed by atoms with Crippen LogP contribution in [0.2, 0.25) is 0 Å². The zero-order valence-corrected chi connectivity index (χ0v) is 13.6. The SMILES string of the molecule is CN1CCCC(Oc2c(C#N)ncc3[nH]c4ncccc4c23)CC1. The lowest BCUT2D eigenvalue weighted by Gasteiger charge is -2.18. The van der Waals surface area contributed by atoms with E-state index in [-0.39, 0.29) is 6.10 Å². The van der Waals surface area contributed by atoms with Crippen LogP contribution in [-0.4, -0.2) is 46.1 Å². The summed E-state index contributed by atoms with van der Waals surface area (Å²) in [6, 6.07) is 6.07. The van der Waals surface area contributed by atoms with E-state index < -0.39 is 0 Å². The fourth-order valence-electron chi connectivity index (χ4n) is 3.38. The zero-order valence-electron chi connectivity index (χ0n) is 13.6. The summed E-state index contributed by atoms with van der Waals surface area (Å²) >= 11 is 0. The molecule has 4 rings (SSSR count). The van der Waals surface area contributed by atoms with Crippen LogP contribution in [0.15, 0.2) is 24.5 Å². The molecule has 4 heterocycles. The molecule has 6 nitrogen and oxygen atoms in total. The normalized spacial score (nSPS) is 19.2. The van der Waals surface area contributed by atoms with Crippen molar-refractivity contribution in [2.45, 2.75) is 25.4 Å². The van der Waals surface area contributed by atoms with Gasteiger partial charge in [0.1, 0.15) is 17.8 Å². The molecule has 122 valence electrons. The van der Waals surface area contributed by atoms with Crippen LogP contribution in [0.1, 0.15) is 25.0 Å². The predicted molar refractivity (Wildman–Crippen MR) is 91.9 cm³/mol. The highest BCUT2D eigenvalue weighted by Gasteiger charge is 2.21. The van der Waals surface area contributed by atoms with Gasteiger partial charge in [0.2, 0.25) is 0 Å². The maximum atomic E-state index is 9.49. The van der Waals surface area contributed by atoms with Crippen molar-refractivity contribution in [2.24, 2.45) is 0 Å². The first-order chi connectivity index (χ1) is 11.8. The number of hydrogen-bond donors (Lipinski definition) is 1. The number of hydrogen-bond acceptors (Lipinski definition) is 5. The van der Waals surface area contributed by atoms with E-state index in [1.165, 1.54) is 0 Å². The largest absolute Gasteiger partial charge is 0.487 e. The van der Waals surface area contributed by atoms with Gasteiger partial charge in [-0.2, -0.15) is 5.26 Å². The van der Waals surface area contributed by atoms with E-state index in [0.717, 1.165) is 54.3 Å². The number of aromatic nitrogens is 3. The van der Waals surface area contributed by atoms with Gasteiger partial charge in [0.15, 0.2) is 11.4 Å². The first-order valence-electron chi connectivity index (χ1n) is 8.27. The summed E-state index contributed by atoms with van der Waals surface area (Å²) in [7, 11) is 2.14. The van der Waals surface area contributed by atoms with E-state index in [0.29, 0.717) is 11.4 Å². The molecule has 0 spiro atoms. The van der Waals surface area contributed by atoms with E-state index in [1.807, 2.05) is 12.1 Å². The lowest BCUT2D eigenvalue weighted by atomic mass is 10.1. The fraction of sp³-hybridized carbons (Fsp3) is 0.389. The van der Waals surface area contributed by atoms with Crippen LogP contribution in [0, 0.1) is 11.3 Å². The lowest BCUT2D eigenvalue weighted by molar-refractivity contribution is 0.184. The van der Waals surface area contributed by atoms with Crippen LogP contribution >= 0.6 is 0 Å². The maximum absolute atomic E-state index is 9.49. The number of rotatable bonds is 2. The third kappa shape index (κ3) is 2.57. The molecule has 1 N–H and O–H groups in total. The molecule has 3 aromatic heterocycles. The molecule has 0 saturated carbocycles. The smallest absolute Gasteiger partial charge is 0.183 e. The van der Waals surface area contributed by atoms with Crippen molar-refractivity contribution in [1.29, 1.82) is 5.26 Å². The molecule has 3 aromatic rings. The Labute approximate surface area is 140 Å². The van der Waals surface area contributed by atoms with Crippen LogP contribution in [-0.2, 0) is 0 Å². The van der Waals surface area contributed by atoms with Crippen LogP contribution in [0.3, 0.4) is 0 Å². The molecule has 0 aromatic carbocycles. The second-order valence-corrected chi connectivity index (χ2v) is 6.34. The molecule has 0 aliphatic carbocycles. The van der Waals surface area contributed by atoms with Crippen molar-refractivity contribution < 1.29 is 4.74 Å². The number of nitrogens with one attached hydrogen (secondary N) is 1. The fourth-order valence-corrected chi connectivity index (χ4v) is 3.38. The standard InChI is InChI=1S/C18H19N5O/c1-23-8-3-4-12(6-9-23)24-17-14(10-19)21-11-15-16(17)13-5-2-7-20-18(13)22-15/h2,5,7,11-12H,3-4,6,8-9H2,1H3,(H,20,22). The van der Waals surface area contributed by atoms with Crippen molar-refractivity contribution in [3.63, 3.8) is 0 Å². The highest BCUT2D eigenvalue weighted by Crippen LogP contribution is 2.35. The van der Waals surface area contributed by atoms with Gasteiger partial charge in [-0.25, -0.2) is 9.97 Å². The number of nitriles is 1. The predicted octanol–water partition coefficient (Wildman–Crippen LogP) is 2.85. The van der Waals surface area contributed by atoms with Gasteiger partial charge in [-0.05, 0) is 45.0 Å².